The van der Waals surface area contributed by atoms with Crippen LogP contribution in [0, 0.1) is 11.8 Å². The van der Waals surface area contributed by atoms with Crippen LogP contribution in [0.1, 0.15) is 22.3 Å². The number of likely N-dealkylation sites (N-methyl/N-ethyl adjacent to an activating group) is 1. The number of fused-ring (bicyclic) bond motifs is 3. The molecule has 5 atom stereocenters. The molecule has 168 valence electrons. The largest absolute Gasteiger partial charge is 0.508 e. The number of aromatic hydroxyl groups is 1. The molecule has 1 fully saturated rings. The standard InChI is InChI=1S/C22H21ClN2O7/c1-8-9-5-4-6-12(26)13(9)17(28)21(23)10(8)7-11-15(25(2)3)16(27)14(19(24)30)18(29)22(11,32)20(21)31/h4-6,10-11,15,26,29,32H,1,7H2,2-3H3,(H2,24,30)/t10-,11-,15+,21+,22-/m1/s1. The number of ketones is 3. The van der Waals surface area contributed by atoms with E-state index in [9.17, 15) is 34.5 Å². The molecular weight excluding hydrogens is 440 g/mol. The van der Waals surface area contributed by atoms with E-state index >= 15 is 0 Å². The SMILES string of the molecule is C=C1c2cccc(O)c2C(=O)[C@]2(Cl)C(=O)[C@]3(O)C(O)=C(C(N)=O)C(=O)[C@@H](N(C)C)[C@H]3C[C@H]12. The summed E-state index contributed by atoms with van der Waals surface area (Å²) in [6.07, 6.45) is -0.184. The highest BCUT2D eigenvalue weighted by Crippen LogP contribution is 2.58. The summed E-state index contributed by atoms with van der Waals surface area (Å²) < 4.78 is 0. The number of benzene rings is 1. The van der Waals surface area contributed by atoms with Gasteiger partial charge in [0.25, 0.3) is 5.91 Å². The van der Waals surface area contributed by atoms with E-state index in [1.165, 1.54) is 31.1 Å². The number of nitrogens with zero attached hydrogens (tertiary/aromatic N) is 1. The Morgan fingerprint density at radius 1 is 1.25 bits per heavy atom. The van der Waals surface area contributed by atoms with Crippen molar-refractivity contribution in [2.75, 3.05) is 14.1 Å². The number of aliphatic hydroxyl groups excluding tert-OH is 1. The average Bonchev–Trinajstić information content (AvgIpc) is 2.70. The summed E-state index contributed by atoms with van der Waals surface area (Å²) in [5.74, 6) is -8.37. The van der Waals surface area contributed by atoms with Gasteiger partial charge in [-0.25, -0.2) is 0 Å². The van der Waals surface area contributed by atoms with Crippen LogP contribution in [0.5, 0.6) is 5.75 Å². The second-order valence-corrected chi connectivity index (χ2v) is 9.21. The maximum atomic E-state index is 13.8. The third-order valence-electron chi connectivity index (χ3n) is 6.85. The van der Waals surface area contributed by atoms with E-state index in [4.69, 9.17) is 17.3 Å². The molecule has 0 bridgehead atoms. The molecule has 3 aliphatic rings. The second kappa shape index (κ2) is 6.74. The number of carbonyl (C=O) groups excluding carboxylic acids is 4. The first kappa shape index (κ1) is 22.2. The molecule has 1 aromatic carbocycles. The highest BCUT2D eigenvalue weighted by atomic mass is 35.5. The van der Waals surface area contributed by atoms with Gasteiger partial charge in [0.05, 0.1) is 11.6 Å². The van der Waals surface area contributed by atoms with Crippen molar-refractivity contribution in [3.05, 3.63) is 47.2 Å². The molecule has 1 amide bonds. The van der Waals surface area contributed by atoms with Gasteiger partial charge in [0.15, 0.2) is 22.0 Å². The number of hydrogen-bond acceptors (Lipinski definition) is 8. The van der Waals surface area contributed by atoms with Crippen LogP contribution < -0.4 is 5.73 Å². The molecule has 0 saturated heterocycles. The van der Waals surface area contributed by atoms with Gasteiger partial charge < -0.3 is 21.1 Å². The van der Waals surface area contributed by atoms with Crippen molar-refractivity contribution in [2.45, 2.75) is 22.9 Å². The van der Waals surface area contributed by atoms with Crippen LogP contribution in [-0.2, 0) is 14.4 Å². The molecule has 10 heteroatoms. The Bertz CT molecular complexity index is 1170. The van der Waals surface area contributed by atoms with E-state index in [0.717, 1.165) is 0 Å². The zero-order chi connectivity index (χ0) is 23.9. The number of carbonyl (C=O) groups is 4. The summed E-state index contributed by atoms with van der Waals surface area (Å²) in [5.41, 5.74) is 1.87. The van der Waals surface area contributed by atoms with Crippen molar-refractivity contribution >= 4 is 40.4 Å². The summed E-state index contributed by atoms with van der Waals surface area (Å²) in [6.45, 7) is 3.98. The van der Waals surface area contributed by atoms with E-state index in [-0.39, 0.29) is 17.6 Å². The molecule has 0 radical (unpaired) electrons. The first-order chi connectivity index (χ1) is 14.8. The predicted octanol–water partition coefficient (Wildman–Crippen LogP) is 0.326. The minimum Gasteiger partial charge on any atom is -0.508 e. The van der Waals surface area contributed by atoms with Crippen molar-refractivity contribution in [3.8, 4) is 5.75 Å². The lowest BCUT2D eigenvalue weighted by molar-refractivity contribution is -0.160. The third-order valence-corrected chi connectivity index (χ3v) is 7.45. The van der Waals surface area contributed by atoms with Crippen LogP contribution >= 0.6 is 11.6 Å². The Morgan fingerprint density at radius 3 is 2.44 bits per heavy atom. The summed E-state index contributed by atoms with van der Waals surface area (Å²) in [6, 6.07) is 3.10. The third kappa shape index (κ3) is 2.41. The molecule has 5 N–H and O–H groups in total. The maximum Gasteiger partial charge on any atom is 0.255 e. The lowest BCUT2D eigenvalue weighted by atomic mass is 9.53. The average molecular weight is 461 g/mol. The molecule has 4 rings (SSSR count). The topological polar surface area (TPSA) is 158 Å². The molecule has 1 saturated carbocycles. The van der Waals surface area contributed by atoms with Crippen molar-refractivity contribution in [1.82, 2.24) is 4.90 Å². The van der Waals surface area contributed by atoms with Gasteiger partial charge in [-0.15, -0.1) is 11.6 Å². The zero-order valence-electron chi connectivity index (χ0n) is 17.3. The molecule has 1 aromatic rings. The van der Waals surface area contributed by atoms with Crippen LogP contribution in [-0.4, -0.2) is 74.1 Å². The fraction of sp³-hybridized carbons (Fsp3) is 0.364. The summed E-state index contributed by atoms with van der Waals surface area (Å²) >= 11 is 6.66. The molecule has 3 aliphatic carbocycles. The van der Waals surface area contributed by atoms with Crippen LogP contribution in [0.4, 0.5) is 0 Å². The predicted molar refractivity (Wildman–Crippen MR) is 113 cm³/mol. The number of rotatable bonds is 2. The minimum absolute atomic E-state index is 0.184. The van der Waals surface area contributed by atoms with Gasteiger partial charge in [-0.1, -0.05) is 18.7 Å². The van der Waals surface area contributed by atoms with Gasteiger partial charge in [-0.05, 0) is 37.7 Å². The Kier molecular flexibility index (Phi) is 4.68. The fourth-order valence-corrected chi connectivity index (χ4v) is 5.82. The zero-order valence-corrected chi connectivity index (χ0v) is 18.0. The number of hydrogen-bond donors (Lipinski definition) is 4. The summed E-state index contributed by atoms with van der Waals surface area (Å²) in [4.78, 5) is 51.1. The number of phenolic OH excluding ortho intramolecular Hbond substituents is 1. The number of nitrogens with two attached hydrogens (primary N) is 1. The maximum absolute atomic E-state index is 13.8. The van der Waals surface area contributed by atoms with Crippen LogP contribution in [0.2, 0.25) is 0 Å². The lowest BCUT2D eigenvalue weighted by Crippen LogP contribution is -2.72. The van der Waals surface area contributed by atoms with Gasteiger partial charge in [-0.3, -0.25) is 24.1 Å². The molecule has 0 unspecified atom stereocenters. The Hall–Kier alpha value is -3.01. The van der Waals surface area contributed by atoms with Crippen LogP contribution in [0.25, 0.3) is 5.57 Å². The quantitative estimate of drug-likeness (QED) is 0.279. The normalized spacial score (nSPS) is 34.3. The lowest BCUT2D eigenvalue weighted by Gasteiger charge is -2.54. The summed E-state index contributed by atoms with van der Waals surface area (Å²) in [5, 5.41) is 32.6. The smallest absolute Gasteiger partial charge is 0.255 e. The minimum atomic E-state index is -2.83. The number of alkyl halides is 1. The van der Waals surface area contributed by atoms with E-state index in [0.29, 0.717) is 5.56 Å². The van der Waals surface area contributed by atoms with Gasteiger partial charge in [0.2, 0.25) is 5.78 Å². The molecular formula is C22H21ClN2O7. The van der Waals surface area contributed by atoms with Gasteiger partial charge in [0.1, 0.15) is 17.1 Å². The number of phenols is 1. The first-order valence-corrected chi connectivity index (χ1v) is 10.1. The van der Waals surface area contributed by atoms with Crippen molar-refractivity contribution in [3.63, 3.8) is 0 Å². The van der Waals surface area contributed by atoms with Gasteiger partial charge in [-0.2, -0.15) is 0 Å². The van der Waals surface area contributed by atoms with E-state index < -0.39 is 68.7 Å². The number of Topliss-reactive ketones (excluding diaryl/α,β-unsaturated/α-hetero) is 3. The molecule has 0 aliphatic heterocycles. The van der Waals surface area contributed by atoms with Crippen molar-refractivity contribution < 1.29 is 34.5 Å². The van der Waals surface area contributed by atoms with Gasteiger partial charge in [0, 0.05) is 11.8 Å². The molecule has 0 heterocycles. The number of primary amides is 1. The highest BCUT2D eigenvalue weighted by molar-refractivity contribution is 6.52. The number of allylic oxidation sites excluding steroid dienone is 1. The number of aliphatic hydroxyl groups is 2. The van der Waals surface area contributed by atoms with E-state index in [1.54, 1.807) is 6.07 Å². The Balaban J connectivity index is 2.02. The molecule has 32 heavy (non-hydrogen) atoms. The van der Waals surface area contributed by atoms with E-state index in [2.05, 4.69) is 6.58 Å². The van der Waals surface area contributed by atoms with Crippen molar-refractivity contribution in [2.24, 2.45) is 17.6 Å². The number of amides is 1. The van der Waals surface area contributed by atoms with Crippen molar-refractivity contribution in [1.29, 1.82) is 0 Å². The van der Waals surface area contributed by atoms with Crippen LogP contribution in [0.3, 0.4) is 0 Å². The first-order valence-electron chi connectivity index (χ1n) is 9.77. The fourth-order valence-electron chi connectivity index (χ4n) is 5.36. The summed E-state index contributed by atoms with van der Waals surface area (Å²) in [7, 11) is 3.01. The van der Waals surface area contributed by atoms with Crippen LogP contribution in [0.15, 0.2) is 36.1 Å². The van der Waals surface area contributed by atoms with Gasteiger partial charge >= 0.3 is 0 Å². The Labute approximate surface area is 187 Å². The Morgan fingerprint density at radius 2 is 1.88 bits per heavy atom. The molecule has 0 spiro atoms. The number of halogens is 1. The second-order valence-electron chi connectivity index (χ2n) is 8.62. The van der Waals surface area contributed by atoms with E-state index in [1.807, 2.05) is 0 Å². The molecule has 0 aromatic heterocycles. The monoisotopic (exact) mass is 460 g/mol. The highest BCUT2D eigenvalue weighted by Gasteiger charge is 2.72. The molecule has 9 nitrogen and oxygen atoms in total.